The quantitative estimate of drug-likeness (QED) is 0.678. The summed E-state index contributed by atoms with van der Waals surface area (Å²) >= 11 is 1.98. The van der Waals surface area contributed by atoms with Crippen LogP contribution in [0.4, 0.5) is 11.6 Å². The van der Waals surface area contributed by atoms with Crippen LogP contribution in [-0.4, -0.2) is 34.1 Å². The fourth-order valence-corrected chi connectivity index (χ4v) is 2.70. The van der Waals surface area contributed by atoms with Crippen LogP contribution in [-0.2, 0) is 0 Å². The highest BCUT2D eigenvalue weighted by Crippen LogP contribution is 2.21. The van der Waals surface area contributed by atoms with Gasteiger partial charge in [0.25, 0.3) is 0 Å². The third-order valence-corrected chi connectivity index (χ3v) is 4.02. The highest BCUT2D eigenvalue weighted by Gasteiger charge is 2.11. The van der Waals surface area contributed by atoms with Crippen LogP contribution in [0.25, 0.3) is 0 Å². The van der Waals surface area contributed by atoms with Crippen LogP contribution >= 0.6 is 11.8 Å². The first-order valence-electron chi connectivity index (χ1n) is 7.51. The van der Waals surface area contributed by atoms with Crippen molar-refractivity contribution in [2.75, 3.05) is 28.7 Å². The van der Waals surface area contributed by atoms with Gasteiger partial charge >= 0.3 is 0 Å². The number of rotatable bonds is 9. The van der Waals surface area contributed by atoms with Crippen LogP contribution < -0.4 is 10.6 Å². The zero-order valence-corrected chi connectivity index (χ0v) is 14.2. The molecule has 5 heteroatoms. The van der Waals surface area contributed by atoms with Crippen molar-refractivity contribution in [1.29, 1.82) is 0 Å². The lowest BCUT2D eigenvalue weighted by atomic mass is 10.2. The van der Waals surface area contributed by atoms with Crippen LogP contribution in [0.1, 0.15) is 45.0 Å². The van der Waals surface area contributed by atoms with Gasteiger partial charge in [-0.2, -0.15) is 11.8 Å². The largest absolute Gasteiger partial charge is 0.370 e. The van der Waals surface area contributed by atoms with Crippen molar-refractivity contribution in [3.8, 4) is 0 Å². The van der Waals surface area contributed by atoms with E-state index in [-0.39, 0.29) is 0 Å². The Hall–Kier alpha value is -0.970. The molecule has 1 atom stereocenters. The standard InChI is InChI=1S/C15H28N4S/c1-6-9-16-14-12(4)15(19-13(5)18-14)17-11(3)8-10-20-7-2/h11H,6-10H2,1-5H3,(H2,16,17,18,19). The maximum Gasteiger partial charge on any atom is 0.134 e. The minimum Gasteiger partial charge on any atom is -0.370 e. The summed E-state index contributed by atoms with van der Waals surface area (Å²) in [7, 11) is 0. The van der Waals surface area contributed by atoms with E-state index in [1.54, 1.807) is 0 Å². The maximum absolute atomic E-state index is 4.54. The molecule has 1 aromatic rings. The summed E-state index contributed by atoms with van der Waals surface area (Å²) in [6.45, 7) is 11.5. The Bertz CT molecular complexity index is 409. The van der Waals surface area contributed by atoms with Gasteiger partial charge in [0.15, 0.2) is 0 Å². The number of anilines is 2. The zero-order valence-electron chi connectivity index (χ0n) is 13.4. The normalized spacial score (nSPS) is 12.2. The Kier molecular flexibility index (Phi) is 7.73. The molecule has 1 heterocycles. The second-order valence-corrected chi connectivity index (χ2v) is 6.44. The van der Waals surface area contributed by atoms with Crippen molar-refractivity contribution in [1.82, 2.24) is 9.97 Å². The molecule has 0 fully saturated rings. The van der Waals surface area contributed by atoms with E-state index in [1.807, 2.05) is 18.7 Å². The Morgan fingerprint density at radius 1 is 1.15 bits per heavy atom. The van der Waals surface area contributed by atoms with Crippen LogP contribution in [0.2, 0.25) is 0 Å². The van der Waals surface area contributed by atoms with Gasteiger partial charge in [0.1, 0.15) is 17.5 Å². The Morgan fingerprint density at radius 3 is 2.50 bits per heavy atom. The molecule has 20 heavy (non-hydrogen) atoms. The Labute approximate surface area is 127 Å². The highest BCUT2D eigenvalue weighted by atomic mass is 32.2. The predicted molar refractivity (Wildman–Crippen MR) is 91.0 cm³/mol. The molecule has 0 amide bonds. The molecular weight excluding hydrogens is 268 g/mol. The van der Waals surface area contributed by atoms with Crippen molar-refractivity contribution < 1.29 is 0 Å². The van der Waals surface area contributed by atoms with Crippen molar-refractivity contribution in [3.05, 3.63) is 11.4 Å². The predicted octanol–water partition coefficient (Wildman–Crippen LogP) is 3.86. The molecule has 0 aliphatic heterocycles. The first-order valence-corrected chi connectivity index (χ1v) is 8.67. The van der Waals surface area contributed by atoms with Gasteiger partial charge in [-0.15, -0.1) is 0 Å². The number of nitrogens with one attached hydrogen (secondary N) is 2. The maximum atomic E-state index is 4.54. The molecule has 1 aromatic heterocycles. The van der Waals surface area contributed by atoms with E-state index >= 15 is 0 Å². The van der Waals surface area contributed by atoms with Crippen LogP contribution in [0.3, 0.4) is 0 Å². The van der Waals surface area contributed by atoms with E-state index < -0.39 is 0 Å². The molecule has 0 aliphatic carbocycles. The summed E-state index contributed by atoms with van der Waals surface area (Å²) in [4.78, 5) is 9.03. The van der Waals surface area contributed by atoms with Crippen LogP contribution in [0.5, 0.6) is 0 Å². The van der Waals surface area contributed by atoms with Gasteiger partial charge in [-0.05, 0) is 45.1 Å². The minimum atomic E-state index is 0.432. The lowest BCUT2D eigenvalue weighted by molar-refractivity contribution is 0.762. The summed E-state index contributed by atoms with van der Waals surface area (Å²) in [6, 6.07) is 0.432. The monoisotopic (exact) mass is 296 g/mol. The fraction of sp³-hybridized carbons (Fsp3) is 0.733. The molecule has 0 aliphatic rings. The highest BCUT2D eigenvalue weighted by molar-refractivity contribution is 7.99. The first kappa shape index (κ1) is 17.1. The molecule has 0 aromatic carbocycles. The van der Waals surface area contributed by atoms with Crippen molar-refractivity contribution in [3.63, 3.8) is 0 Å². The van der Waals surface area contributed by atoms with Gasteiger partial charge < -0.3 is 10.6 Å². The average Bonchev–Trinajstić information content (AvgIpc) is 2.41. The van der Waals surface area contributed by atoms with E-state index in [2.05, 4.69) is 48.3 Å². The van der Waals surface area contributed by atoms with E-state index in [0.717, 1.165) is 42.4 Å². The summed E-state index contributed by atoms with van der Waals surface area (Å²) in [5.74, 6) is 5.10. The number of hydrogen-bond donors (Lipinski definition) is 2. The molecule has 0 saturated carbocycles. The fourth-order valence-electron chi connectivity index (χ4n) is 1.89. The third kappa shape index (κ3) is 5.57. The molecule has 0 saturated heterocycles. The lowest BCUT2D eigenvalue weighted by Gasteiger charge is -2.18. The van der Waals surface area contributed by atoms with Gasteiger partial charge in [-0.1, -0.05) is 13.8 Å². The second kappa shape index (κ2) is 9.06. The number of hydrogen-bond acceptors (Lipinski definition) is 5. The first-order chi connectivity index (χ1) is 9.58. The lowest BCUT2D eigenvalue weighted by Crippen LogP contribution is -2.19. The van der Waals surface area contributed by atoms with Gasteiger partial charge in [-0.3, -0.25) is 0 Å². The Balaban J connectivity index is 2.70. The van der Waals surface area contributed by atoms with Crippen LogP contribution in [0.15, 0.2) is 0 Å². The molecule has 1 rings (SSSR count). The Morgan fingerprint density at radius 2 is 1.85 bits per heavy atom. The van der Waals surface area contributed by atoms with E-state index in [0.29, 0.717) is 6.04 Å². The van der Waals surface area contributed by atoms with Gasteiger partial charge in [0.2, 0.25) is 0 Å². The van der Waals surface area contributed by atoms with E-state index in [9.17, 15) is 0 Å². The molecule has 0 bridgehead atoms. The topological polar surface area (TPSA) is 49.8 Å². The van der Waals surface area contributed by atoms with Crippen molar-refractivity contribution in [2.24, 2.45) is 0 Å². The minimum absolute atomic E-state index is 0.432. The average molecular weight is 296 g/mol. The van der Waals surface area contributed by atoms with Gasteiger partial charge in [0.05, 0.1) is 0 Å². The van der Waals surface area contributed by atoms with Crippen LogP contribution in [0, 0.1) is 13.8 Å². The SMILES string of the molecule is CCCNc1nc(C)nc(NC(C)CCSCC)c1C. The molecule has 4 nitrogen and oxygen atoms in total. The third-order valence-electron chi connectivity index (χ3n) is 3.08. The van der Waals surface area contributed by atoms with Gasteiger partial charge in [-0.25, -0.2) is 9.97 Å². The van der Waals surface area contributed by atoms with Gasteiger partial charge in [0, 0.05) is 18.2 Å². The smallest absolute Gasteiger partial charge is 0.134 e. The summed E-state index contributed by atoms with van der Waals surface area (Å²) in [5.41, 5.74) is 1.11. The zero-order chi connectivity index (χ0) is 15.0. The van der Waals surface area contributed by atoms with E-state index in [1.165, 1.54) is 11.5 Å². The second-order valence-electron chi connectivity index (χ2n) is 5.05. The summed E-state index contributed by atoms with van der Waals surface area (Å²) in [5, 5.41) is 6.90. The molecule has 0 radical (unpaired) electrons. The number of aryl methyl sites for hydroxylation is 1. The molecule has 114 valence electrons. The number of thioether (sulfide) groups is 1. The molecule has 0 spiro atoms. The summed E-state index contributed by atoms with van der Waals surface area (Å²) in [6.07, 6.45) is 2.24. The molecule has 2 N–H and O–H groups in total. The van der Waals surface area contributed by atoms with Crippen molar-refractivity contribution >= 4 is 23.4 Å². The summed E-state index contributed by atoms with van der Waals surface area (Å²) < 4.78 is 0. The van der Waals surface area contributed by atoms with E-state index in [4.69, 9.17) is 0 Å². The molecular formula is C15H28N4S. The van der Waals surface area contributed by atoms with Crippen molar-refractivity contribution in [2.45, 2.75) is 53.5 Å². The number of aromatic nitrogens is 2. The number of nitrogens with zero attached hydrogens (tertiary/aromatic N) is 2. The molecule has 1 unspecified atom stereocenters.